The Morgan fingerprint density at radius 1 is 1.19 bits per heavy atom. The van der Waals surface area contributed by atoms with Gasteiger partial charge in [0.1, 0.15) is 17.4 Å². The average Bonchev–Trinajstić information content (AvgIpc) is 3.40. The van der Waals surface area contributed by atoms with Crippen LogP contribution in [0.1, 0.15) is 47.3 Å². The van der Waals surface area contributed by atoms with Gasteiger partial charge in [-0.15, -0.1) is 0 Å². The second-order valence-electron chi connectivity index (χ2n) is 9.63. The van der Waals surface area contributed by atoms with Crippen LogP contribution < -0.4 is 16.0 Å². The van der Waals surface area contributed by atoms with Gasteiger partial charge in [0.25, 0.3) is 11.8 Å². The van der Waals surface area contributed by atoms with Gasteiger partial charge >= 0.3 is 12.0 Å². The van der Waals surface area contributed by atoms with E-state index in [1.54, 1.807) is 30.5 Å². The average molecular weight is 494 g/mol. The number of aromatic nitrogens is 1. The molecule has 2 aromatic rings. The summed E-state index contributed by atoms with van der Waals surface area (Å²) in [5.41, 5.74) is 1.70. The van der Waals surface area contributed by atoms with Crippen LogP contribution in [0.4, 0.5) is 10.6 Å². The molecule has 4 amide bonds. The maximum Gasteiger partial charge on any atom is 0.330 e. The number of pyridine rings is 1. The Labute approximate surface area is 209 Å². The van der Waals surface area contributed by atoms with Crippen LogP contribution in [0.3, 0.4) is 0 Å². The second-order valence-corrected chi connectivity index (χ2v) is 9.63. The van der Waals surface area contributed by atoms with Crippen LogP contribution in [-0.4, -0.2) is 59.4 Å². The number of ether oxygens (including phenoxy) is 1. The zero-order chi connectivity index (χ0) is 26.2. The van der Waals surface area contributed by atoms with E-state index in [-0.39, 0.29) is 17.9 Å². The first-order valence-electron chi connectivity index (χ1n) is 11.9. The first-order chi connectivity index (χ1) is 17.1. The highest BCUT2D eigenvalue weighted by Gasteiger charge is 2.50. The maximum atomic E-state index is 13.5. The molecule has 3 N–H and O–H groups in total. The molecule has 36 heavy (non-hydrogen) atoms. The number of hydrogen-bond donors (Lipinski definition) is 3. The van der Waals surface area contributed by atoms with E-state index in [0.717, 1.165) is 11.1 Å². The molecule has 0 radical (unpaired) electrons. The number of likely N-dealkylation sites (tertiary alicyclic amines) is 1. The van der Waals surface area contributed by atoms with E-state index in [2.05, 4.69) is 20.9 Å². The van der Waals surface area contributed by atoms with E-state index in [1.807, 2.05) is 33.8 Å². The molecule has 4 rings (SSSR count). The monoisotopic (exact) mass is 493 g/mol. The highest BCUT2D eigenvalue weighted by Crippen LogP contribution is 2.33. The van der Waals surface area contributed by atoms with Crippen molar-refractivity contribution < 1.29 is 23.9 Å². The molecular formula is C26H31N5O5. The van der Waals surface area contributed by atoms with Crippen LogP contribution in [-0.2, 0) is 19.9 Å². The van der Waals surface area contributed by atoms with Crippen molar-refractivity contribution in [3.8, 4) is 0 Å². The first kappa shape index (κ1) is 25.2. The summed E-state index contributed by atoms with van der Waals surface area (Å²) in [7, 11) is 1.30. The molecule has 10 nitrogen and oxygen atoms in total. The molecule has 0 saturated carbocycles. The van der Waals surface area contributed by atoms with Crippen molar-refractivity contribution in [2.75, 3.05) is 19.0 Å². The minimum absolute atomic E-state index is 0.224. The second kappa shape index (κ2) is 9.60. The number of nitrogens with zero attached hydrogens (tertiary/aromatic N) is 2. The lowest BCUT2D eigenvalue weighted by Crippen LogP contribution is -2.48. The third kappa shape index (κ3) is 4.27. The van der Waals surface area contributed by atoms with Crippen molar-refractivity contribution in [3.05, 3.63) is 58.8 Å². The maximum absolute atomic E-state index is 13.5. The minimum atomic E-state index is -1.21. The zero-order valence-electron chi connectivity index (χ0n) is 21.0. The fraction of sp³-hybridized carbons (Fsp3) is 0.423. The smallest absolute Gasteiger partial charge is 0.330 e. The molecule has 3 heterocycles. The molecule has 0 aliphatic carbocycles. The van der Waals surface area contributed by atoms with Gasteiger partial charge < -0.3 is 20.3 Å². The van der Waals surface area contributed by atoms with Crippen LogP contribution >= 0.6 is 0 Å². The molecule has 3 atom stereocenters. The van der Waals surface area contributed by atoms with Gasteiger partial charge in [-0.1, -0.05) is 32.0 Å². The van der Waals surface area contributed by atoms with Crippen LogP contribution in [0.2, 0.25) is 0 Å². The number of esters is 1. The predicted octanol–water partition coefficient (Wildman–Crippen LogP) is 2.26. The minimum Gasteiger partial charge on any atom is -0.467 e. The topological polar surface area (TPSA) is 130 Å². The number of benzene rings is 1. The third-order valence-electron chi connectivity index (χ3n) is 6.99. The van der Waals surface area contributed by atoms with Gasteiger partial charge in [-0.3, -0.25) is 14.9 Å². The molecule has 1 unspecified atom stereocenters. The van der Waals surface area contributed by atoms with Crippen LogP contribution in [0.15, 0.2) is 36.5 Å². The molecule has 1 aromatic heterocycles. The van der Waals surface area contributed by atoms with Crippen molar-refractivity contribution in [2.45, 2.75) is 51.7 Å². The summed E-state index contributed by atoms with van der Waals surface area (Å²) in [6.45, 7) is 7.93. The normalized spacial score (nSPS) is 23.4. The number of amides is 4. The van der Waals surface area contributed by atoms with Crippen molar-refractivity contribution in [2.24, 2.45) is 5.92 Å². The Morgan fingerprint density at radius 2 is 1.89 bits per heavy atom. The van der Waals surface area contributed by atoms with Gasteiger partial charge in [-0.2, -0.15) is 0 Å². The Kier molecular flexibility index (Phi) is 6.71. The molecule has 2 aliphatic rings. The van der Waals surface area contributed by atoms with Crippen molar-refractivity contribution in [1.82, 2.24) is 20.5 Å². The Morgan fingerprint density at radius 3 is 2.44 bits per heavy atom. The largest absolute Gasteiger partial charge is 0.467 e. The predicted molar refractivity (Wildman–Crippen MR) is 132 cm³/mol. The Balaban J connectivity index is 1.58. The molecule has 190 valence electrons. The number of rotatable bonds is 6. The van der Waals surface area contributed by atoms with Crippen LogP contribution in [0.25, 0.3) is 0 Å². The van der Waals surface area contributed by atoms with Crippen molar-refractivity contribution in [1.29, 1.82) is 0 Å². The van der Waals surface area contributed by atoms with E-state index in [0.29, 0.717) is 29.9 Å². The summed E-state index contributed by atoms with van der Waals surface area (Å²) in [6, 6.07) is 6.80. The van der Waals surface area contributed by atoms with Gasteiger partial charge in [-0.25, -0.2) is 14.6 Å². The SMILES string of the molecule is COC(=O)[C@@H]1[C@@H](Nc2ncc(C)cc2C)CCN1C(=O)c1ccc(C2(C(C)C)NC(=O)NC2=O)cc1. The molecule has 0 bridgehead atoms. The number of carbonyl (C=O) groups excluding carboxylic acids is 4. The van der Waals surface area contributed by atoms with E-state index >= 15 is 0 Å². The number of anilines is 1. The van der Waals surface area contributed by atoms with Crippen LogP contribution in [0.5, 0.6) is 0 Å². The summed E-state index contributed by atoms with van der Waals surface area (Å²) in [5.74, 6) is -0.828. The van der Waals surface area contributed by atoms with Crippen LogP contribution in [0, 0.1) is 19.8 Å². The summed E-state index contributed by atoms with van der Waals surface area (Å²) < 4.78 is 5.04. The van der Waals surface area contributed by atoms with E-state index in [9.17, 15) is 19.2 Å². The summed E-state index contributed by atoms with van der Waals surface area (Å²) >= 11 is 0. The van der Waals surface area contributed by atoms with E-state index in [1.165, 1.54) is 12.0 Å². The van der Waals surface area contributed by atoms with E-state index in [4.69, 9.17) is 4.74 Å². The molecule has 1 aromatic carbocycles. The molecule has 2 aliphatic heterocycles. The highest BCUT2D eigenvalue weighted by atomic mass is 16.5. The lowest BCUT2D eigenvalue weighted by molar-refractivity contribution is -0.145. The fourth-order valence-electron chi connectivity index (χ4n) is 5.08. The Bertz CT molecular complexity index is 1210. The highest BCUT2D eigenvalue weighted by molar-refractivity contribution is 6.07. The van der Waals surface area contributed by atoms with Gasteiger partial charge in [-0.05, 0) is 55.0 Å². The molecule has 2 saturated heterocycles. The molecule has 10 heteroatoms. The summed E-state index contributed by atoms with van der Waals surface area (Å²) in [6.07, 6.45) is 2.29. The lowest BCUT2D eigenvalue weighted by atomic mass is 9.79. The van der Waals surface area contributed by atoms with Gasteiger partial charge in [0.15, 0.2) is 0 Å². The van der Waals surface area contributed by atoms with Crippen molar-refractivity contribution >= 4 is 29.6 Å². The van der Waals surface area contributed by atoms with E-state index < -0.39 is 29.5 Å². The molecular weight excluding hydrogens is 462 g/mol. The van der Waals surface area contributed by atoms with Gasteiger partial charge in [0.2, 0.25) is 0 Å². The third-order valence-corrected chi connectivity index (χ3v) is 6.99. The number of urea groups is 1. The zero-order valence-corrected chi connectivity index (χ0v) is 21.0. The fourth-order valence-corrected chi connectivity index (χ4v) is 5.08. The van der Waals surface area contributed by atoms with Gasteiger partial charge in [0.05, 0.1) is 13.2 Å². The standard InChI is InChI=1S/C26H31N5O5/c1-14(2)26(24(34)29-25(35)30-26)18-8-6-17(7-9-18)22(32)31-11-10-19(20(31)23(33)36-5)28-21-16(4)12-15(3)13-27-21/h6-9,12-14,19-20H,10-11H2,1-5H3,(H,27,28)(H2,29,30,34,35)/t19-,20-,26?/m0/s1. The number of imide groups is 1. The number of nitrogens with one attached hydrogen (secondary N) is 3. The number of aryl methyl sites for hydroxylation is 2. The Hall–Kier alpha value is -3.95. The number of methoxy groups -OCH3 is 1. The van der Waals surface area contributed by atoms with Crippen molar-refractivity contribution in [3.63, 3.8) is 0 Å². The first-order valence-corrected chi connectivity index (χ1v) is 11.9. The number of carbonyl (C=O) groups is 4. The molecule has 0 spiro atoms. The van der Waals surface area contributed by atoms with Gasteiger partial charge in [0, 0.05) is 18.3 Å². The lowest BCUT2D eigenvalue weighted by Gasteiger charge is -2.31. The number of hydrogen-bond acceptors (Lipinski definition) is 7. The summed E-state index contributed by atoms with van der Waals surface area (Å²) in [5, 5.41) is 8.35. The summed E-state index contributed by atoms with van der Waals surface area (Å²) in [4.78, 5) is 56.7. The molecule has 2 fully saturated rings. The quantitative estimate of drug-likeness (QED) is 0.416.